The van der Waals surface area contributed by atoms with Gasteiger partial charge in [-0.1, -0.05) is 24.3 Å². The molecule has 3 heterocycles. The van der Waals surface area contributed by atoms with Crippen molar-refractivity contribution in [3.05, 3.63) is 94.7 Å². The van der Waals surface area contributed by atoms with E-state index in [9.17, 15) is 9.59 Å². The Balaban J connectivity index is 1.48. The number of nitrogens with zero attached hydrogens (tertiary/aromatic N) is 2. The van der Waals surface area contributed by atoms with Crippen LogP contribution in [0.2, 0.25) is 0 Å². The van der Waals surface area contributed by atoms with Gasteiger partial charge >= 0.3 is 5.63 Å². The van der Waals surface area contributed by atoms with Crippen LogP contribution in [0.15, 0.2) is 82.4 Å². The van der Waals surface area contributed by atoms with Crippen LogP contribution in [0.25, 0.3) is 22.2 Å². The van der Waals surface area contributed by atoms with Crippen molar-refractivity contribution >= 4 is 16.9 Å². The summed E-state index contributed by atoms with van der Waals surface area (Å²) in [5.74, 6) is -0.481. The number of amides is 1. The molecule has 3 aromatic heterocycles. The molecule has 0 saturated heterocycles. The molecule has 27 heavy (non-hydrogen) atoms. The number of hydrogen-bond acceptors (Lipinski definition) is 5. The summed E-state index contributed by atoms with van der Waals surface area (Å²) in [6, 6.07) is 16.1. The maximum absolute atomic E-state index is 12.4. The predicted molar refractivity (Wildman–Crippen MR) is 101 cm³/mol. The first-order valence-corrected chi connectivity index (χ1v) is 8.37. The zero-order chi connectivity index (χ0) is 18.6. The Morgan fingerprint density at radius 1 is 1.04 bits per heavy atom. The molecule has 132 valence electrons. The summed E-state index contributed by atoms with van der Waals surface area (Å²) in [7, 11) is 0. The monoisotopic (exact) mass is 357 g/mol. The van der Waals surface area contributed by atoms with Crippen molar-refractivity contribution in [2.45, 2.75) is 6.54 Å². The van der Waals surface area contributed by atoms with E-state index in [4.69, 9.17) is 4.42 Å². The average Bonchev–Trinajstić information content (AvgIpc) is 2.72. The number of carbonyl (C=O) groups excluding carboxylic acids is 1. The van der Waals surface area contributed by atoms with Crippen LogP contribution in [0.3, 0.4) is 0 Å². The normalized spacial score (nSPS) is 10.7. The number of nitrogens with one attached hydrogen (secondary N) is 1. The Kier molecular flexibility index (Phi) is 4.45. The van der Waals surface area contributed by atoms with E-state index in [0.29, 0.717) is 11.0 Å². The topological polar surface area (TPSA) is 85.1 Å². The van der Waals surface area contributed by atoms with Crippen LogP contribution < -0.4 is 10.9 Å². The molecular weight excluding hydrogens is 342 g/mol. The largest absolute Gasteiger partial charge is 0.422 e. The second kappa shape index (κ2) is 7.21. The fourth-order valence-electron chi connectivity index (χ4n) is 2.71. The Hall–Kier alpha value is -3.80. The van der Waals surface area contributed by atoms with E-state index in [1.54, 1.807) is 42.9 Å². The molecule has 0 fully saturated rings. The minimum atomic E-state index is -0.656. The summed E-state index contributed by atoms with van der Waals surface area (Å²) in [5.41, 5.74) is 2.32. The minimum Gasteiger partial charge on any atom is -0.422 e. The van der Waals surface area contributed by atoms with Crippen LogP contribution in [-0.4, -0.2) is 15.9 Å². The third-order valence-electron chi connectivity index (χ3n) is 4.12. The SMILES string of the molecule is O=C(NCc1ccc(-c2cccnc2)nc1)c1cc2ccccc2oc1=O. The first-order valence-electron chi connectivity index (χ1n) is 8.37. The molecule has 1 amide bonds. The number of carbonyl (C=O) groups is 1. The lowest BCUT2D eigenvalue weighted by atomic mass is 10.1. The van der Waals surface area contributed by atoms with Crippen molar-refractivity contribution in [3.8, 4) is 11.3 Å². The molecule has 0 radical (unpaired) electrons. The number of hydrogen-bond donors (Lipinski definition) is 1. The molecule has 0 aliphatic heterocycles. The van der Waals surface area contributed by atoms with Gasteiger partial charge in [0.25, 0.3) is 5.91 Å². The van der Waals surface area contributed by atoms with E-state index in [0.717, 1.165) is 16.8 Å². The summed E-state index contributed by atoms with van der Waals surface area (Å²) in [6.45, 7) is 0.255. The maximum Gasteiger partial charge on any atom is 0.349 e. The van der Waals surface area contributed by atoms with Gasteiger partial charge in [-0.2, -0.15) is 0 Å². The predicted octanol–water partition coefficient (Wildman–Crippen LogP) is 3.18. The van der Waals surface area contributed by atoms with Crippen molar-refractivity contribution < 1.29 is 9.21 Å². The van der Waals surface area contributed by atoms with Gasteiger partial charge in [-0.25, -0.2) is 4.79 Å². The maximum atomic E-state index is 12.4. The summed E-state index contributed by atoms with van der Waals surface area (Å²) in [6.07, 6.45) is 5.13. The first kappa shape index (κ1) is 16.7. The van der Waals surface area contributed by atoms with E-state index < -0.39 is 11.5 Å². The second-order valence-corrected chi connectivity index (χ2v) is 5.96. The van der Waals surface area contributed by atoms with Crippen LogP contribution >= 0.6 is 0 Å². The van der Waals surface area contributed by atoms with E-state index in [1.165, 1.54) is 0 Å². The molecule has 0 saturated carbocycles. The van der Waals surface area contributed by atoms with Crippen molar-refractivity contribution in [2.75, 3.05) is 0 Å². The molecule has 1 aromatic carbocycles. The van der Waals surface area contributed by atoms with Gasteiger partial charge in [0.05, 0.1) is 5.69 Å². The van der Waals surface area contributed by atoms with Crippen molar-refractivity contribution in [1.82, 2.24) is 15.3 Å². The lowest BCUT2D eigenvalue weighted by Crippen LogP contribution is -2.27. The smallest absolute Gasteiger partial charge is 0.349 e. The highest BCUT2D eigenvalue weighted by molar-refractivity contribution is 5.96. The third kappa shape index (κ3) is 3.59. The molecule has 0 aliphatic carbocycles. The lowest BCUT2D eigenvalue weighted by Gasteiger charge is -2.06. The van der Waals surface area contributed by atoms with E-state index in [-0.39, 0.29) is 12.1 Å². The minimum absolute atomic E-state index is 0.0198. The molecule has 0 spiro atoms. The van der Waals surface area contributed by atoms with Crippen molar-refractivity contribution in [2.24, 2.45) is 0 Å². The standard InChI is InChI=1S/C21H15N3O3/c25-20(17-10-15-4-1-2-6-19(15)27-21(17)26)24-12-14-7-8-18(23-11-14)16-5-3-9-22-13-16/h1-11,13H,12H2,(H,24,25). The Labute approximate surface area is 154 Å². The summed E-state index contributed by atoms with van der Waals surface area (Å²) in [5, 5.41) is 3.43. The summed E-state index contributed by atoms with van der Waals surface area (Å²) >= 11 is 0. The fraction of sp³-hybridized carbons (Fsp3) is 0.0476. The molecule has 0 aliphatic rings. The molecule has 6 heteroatoms. The molecule has 0 bridgehead atoms. The van der Waals surface area contributed by atoms with Crippen LogP contribution in [0.1, 0.15) is 15.9 Å². The van der Waals surface area contributed by atoms with Gasteiger partial charge in [0.15, 0.2) is 0 Å². The van der Waals surface area contributed by atoms with Crippen LogP contribution in [0, 0.1) is 0 Å². The third-order valence-corrected chi connectivity index (χ3v) is 4.12. The molecule has 6 nitrogen and oxygen atoms in total. The number of aromatic nitrogens is 2. The van der Waals surface area contributed by atoms with Gasteiger partial charge in [-0.05, 0) is 35.9 Å². The summed E-state index contributed by atoms with van der Waals surface area (Å²) in [4.78, 5) is 32.9. The Bertz CT molecular complexity index is 1150. The van der Waals surface area contributed by atoms with Crippen molar-refractivity contribution in [1.29, 1.82) is 0 Å². The van der Waals surface area contributed by atoms with Gasteiger partial charge in [0.1, 0.15) is 11.1 Å². The molecule has 4 aromatic rings. The van der Waals surface area contributed by atoms with Gasteiger partial charge in [-0.15, -0.1) is 0 Å². The Morgan fingerprint density at radius 2 is 1.93 bits per heavy atom. The fourth-order valence-corrected chi connectivity index (χ4v) is 2.71. The average molecular weight is 357 g/mol. The molecular formula is C21H15N3O3. The quantitative estimate of drug-likeness (QED) is 0.567. The zero-order valence-electron chi connectivity index (χ0n) is 14.3. The van der Waals surface area contributed by atoms with Gasteiger partial charge in [0, 0.05) is 36.1 Å². The number of fused-ring (bicyclic) bond motifs is 1. The molecule has 0 unspecified atom stereocenters. The van der Waals surface area contributed by atoms with Gasteiger partial charge in [-0.3, -0.25) is 14.8 Å². The van der Waals surface area contributed by atoms with Crippen LogP contribution in [-0.2, 0) is 6.54 Å². The van der Waals surface area contributed by atoms with Gasteiger partial charge in [0.2, 0.25) is 0 Å². The second-order valence-electron chi connectivity index (χ2n) is 5.96. The molecule has 1 N–H and O–H groups in total. The molecule has 4 rings (SSSR count). The number of para-hydroxylation sites is 1. The number of rotatable bonds is 4. The number of pyridine rings is 2. The lowest BCUT2D eigenvalue weighted by molar-refractivity contribution is 0.0947. The first-order chi connectivity index (χ1) is 13.2. The zero-order valence-corrected chi connectivity index (χ0v) is 14.3. The highest BCUT2D eigenvalue weighted by Crippen LogP contribution is 2.15. The van der Waals surface area contributed by atoms with Crippen LogP contribution in [0.4, 0.5) is 0 Å². The van der Waals surface area contributed by atoms with E-state index in [1.807, 2.05) is 30.3 Å². The van der Waals surface area contributed by atoms with Crippen molar-refractivity contribution in [3.63, 3.8) is 0 Å². The highest BCUT2D eigenvalue weighted by Gasteiger charge is 2.13. The van der Waals surface area contributed by atoms with Crippen LogP contribution in [0.5, 0.6) is 0 Å². The number of benzene rings is 1. The highest BCUT2D eigenvalue weighted by atomic mass is 16.4. The molecule has 0 atom stereocenters. The van der Waals surface area contributed by atoms with Gasteiger partial charge < -0.3 is 9.73 Å². The van der Waals surface area contributed by atoms with E-state index >= 15 is 0 Å². The Morgan fingerprint density at radius 3 is 2.70 bits per heavy atom. The van der Waals surface area contributed by atoms with E-state index in [2.05, 4.69) is 15.3 Å². The summed E-state index contributed by atoms with van der Waals surface area (Å²) < 4.78 is 5.20.